The van der Waals surface area contributed by atoms with Gasteiger partial charge in [0.15, 0.2) is 0 Å². The summed E-state index contributed by atoms with van der Waals surface area (Å²) < 4.78 is 0. The second-order valence-electron chi connectivity index (χ2n) is 3.04. The van der Waals surface area contributed by atoms with Crippen molar-refractivity contribution in [3.63, 3.8) is 0 Å². The van der Waals surface area contributed by atoms with Crippen LogP contribution in [-0.4, -0.2) is 0 Å². The first kappa shape index (κ1) is 15.6. The van der Waals surface area contributed by atoms with E-state index in [1.165, 1.54) is 0 Å². The molecule has 0 spiro atoms. The Hall–Kier alpha value is 0.104. The van der Waals surface area contributed by atoms with Crippen LogP contribution in [0.15, 0.2) is 42.2 Å². The third kappa shape index (κ3) is 8.43. The Morgan fingerprint density at radius 1 is 0.923 bits per heavy atom. The first-order valence-electron chi connectivity index (χ1n) is 4.49. The summed E-state index contributed by atoms with van der Waals surface area (Å²) in [7, 11) is 0. The molecule has 13 heavy (non-hydrogen) atoms. The largest absolute Gasteiger partial charge is 0.121 e. The van der Waals surface area contributed by atoms with E-state index < -0.39 is 0 Å². The third-order valence-electron chi connectivity index (χ3n) is 1.44. The fraction of sp³-hybridized carbons (Fsp3) is 0.417. The van der Waals surface area contributed by atoms with Gasteiger partial charge in [-0.25, -0.2) is 0 Å². The van der Waals surface area contributed by atoms with Gasteiger partial charge in [0.2, 0.25) is 0 Å². The Morgan fingerprint density at radius 3 is 1.69 bits per heavy atom. The normalized spacial score (nSPS) is 21.2. The summed E-state index contributed by atoms with van der Waals surface area (Å²) in [4.78, 5) is 0. The van der Waals surface area contributed by atoms with E-state index in [0.29, 0.717) is 0 Å². The fourth-order valence-electron chi connectivity index (χ4n) is 0.814. The minimum atomic E-state index is 0. The molecule has 0 amide bonds. The van der Waals surface area contributed by atoms with E-state index in [4.69, 9.17) is 0 Å². The molecule has 0 fully saturated rings. The maximum Gasteiger partial charge on any atom is 0.00111 e. The predicted molar refractivity (Wildman–Crippen MR) is 56.1 cm³/mol. The zero-order valence-corrected chi connectivity index (χ0v) is 11.9. The van der Waals surface area contributed by atoms with Gasteiger partial charge in [-0.2, -0.15) is 0 Å². The van der Waals surface area contributed by atoms with Gasteiger partial charge in [0, 0.05) is 38.1 Å². The minimum Gasteiger partial charge on any atom is -0.121 e. The van der Waals surface area contributed by atoms with Crippen LogP contribution in [-0.2, 0) is 32.7 Å². The minimum absolute atomic E-state index is 0. The van der Waals surface area contributed by atoms with Crippen molar-refractivity contribution in [1.29, 1.82) is 0 Å². The fourth-order valence-corrected chi connectivity index (χ4v) is 0.814. The third-order valence-corrected chi connectivity index (χ3v) is 1.44. The van der Waals surface area contributed by atoms with Crippen LogP contribution in [0.5, 0.6) is 0 Å². The van der Waals surface area contributed by atoms with Crippen molar-refractivity contribution in [3.05, 3.63) is 42.2 Å². The summed E-state index contributed by atoms with van der Waals surface area (Å²) in [6, 6.07) is 0. The van der Waals surface area contributed by atoms with Crippen molar-refractivity contribution >= 4 is 0 Å². The van der Waals surface area contributed by atoms with Gasteiger partial charge < -0.3 is 0 Å². The predicted octanol–water partition coefficient (Wildman–Crippen LogP) is 3.87. The van der Waals surface area contributed by atoms with Crippen LogP contribution in [0.2, 0.25) is 0 Å². The molecule has 1 radical (unpaired) electrons. The van der Waals surface area contributed by atoms with Gasteiger partial charge in [0.1, 0.15) is 0 Å². The molecule has 0 atom stereocenters. The zero-order valence-electron chi connectivity index (χ0n) is 9.04. The quantitative estimate of drug-likeness (QED) is 0.573. The van der Waals surface area contributed by atoms with E-state index in [0.717, 1.165) is 0 Å². The average Bonchev–Trinajstić information content (AvgIpc) is 2.03. The molecule has 0 nitrogen and oxygen atoms in total. The molecular formula is C12H18Y. The first-order valence-corrected chi connectivity index (χ1v) is 4.49. The Labute approximate surface area is 107 Å². The molecule has 69 valence electrons. The number of allylic oxidation sites excluding steroid dienone is 5. The Kier molecular flexibility index (Phi) is 10.4. The molecule has 0 unspecified atom stereocenters. The topological polar surface area (TPSA) is 0 Å². The molecule has 0 N–H and O–H groups in total. The molecule has 0 saturated carbocycles. The van der Waals surface area contributed by atoms with Gasteiger partial charge in [-0.15, -0.1) is 5.73 Å². The molecule has 0 aromatic rings. The van der Waals surface area contributed by atoms with Crippen LogP contribution in [0, 0.1) is 5.41 Å². The second-order valence-corrected chi connectivity index (χ2v) is 3.04. The number of hydrogen-bond donors (Lipinski definition) is 0. The molecule has 0 aromatic heterocycles. The smallest absolute Gasteiger partial charge is 0.00111 e. The summed E-state index contributed by atoms with van der Waals surface area (Å²) in [6.45, 7) is 8.35. The van der Waals surface area contributed by atoms with Gasteiger partial charge in [0.25, 0.3) is 0 Å². The average molecular weight is 251 g/mol. The summed E-state index contributed by atoms with van der Waals surface area (Å²) in [5.74, 6) is 0. The Balaban J connectivity index is 0. The second kappa shape index (κ2) is 8.69. The van der Waals surface area contributed by atoms with Crippen LogP contribution >= 0.6 is 0 Å². The number of hydrogen-bond acceptors (Lipinski definition) is 0. The number of rotatable bonds is 0. The van der Waals surface area contributed by atoms with Crippen molar-refractivity contribution in [1.82, 2.24) is 0 Å². The van der Waals surface area contributed by atoms with E-state index in [-0.39, 0.29) is 38.1 Å². The SMILES string of the molecule is CC.CC1(C)/C=C\C=C=C/C=C\1.[Y]. The van der Waals surface area contributed by atoms with Gasteiger partial charge in [-0.3, -0.25) is 0 Å². The van der Waals surface area contributed by atoms with Crippen molar-refractivity contribution in [2.24, 2.45) is 5.41 Å². The van der Waals surface area contributed by atoms with Crippen LogP contribution in [0.4, 0.5) is 0 Å². The molecular weight excluding hydrogens is 233 g/mol. The summed E-state index contributed by atoms with van der Waals surface area (Å²) in [5.41, 5.74) is 3.19. The molecule has 1 heteroatoms. The van der Waals surface area contributed by atoms with Crippen LogP contribution in [0.25, 0.3) is 0 Å². The van der Waals surface area contributed by atoms with E-state index in [1.807, 2.05) is 38.2 Å². The molecule has 1 aliphatic rings. The zero-order chi connectivity index (χ0) is 9.45. The standard InChI is InChI=1S/C10H12.C2H6.Y/c1-10(2)8-6-4-3-5-7-9-10;1-2;/h4-9H,1-2H3;1-2H3;/b8-6-,9-7-;;. The first-order chi connectivity index (χ1) is 5.71. The van der Waals surface area contributed by atoms with E-state index in [1.54, 1.807) is 0 Å². The molecule has 1 rings (SSSR count). The van der Waals surface area contributed by atoms with Gasteiger partial charge >= 0.3 is 0 Å². The molecule has 0 saturated heterocycles. The molecule has 0 heterocycles. The van der Waals surface area contributed by atoms with Crippen LogP contribution in [0.3, 0.4) is 0 Å². The van der Waals surface area contributed by atoms with E-state index in [2.05, 4.69) is 31.7 Å². The van der Waals surface area contributed by atoms with E-state index in [9.17, 15) is 0 Å². The van der Waals surface area contributed by atoms with Crippen LogP contribution in [0.1, 0.15) is 27.7 Å². The van der Waals surface area contributed by atoms with Crippen LogP contribution < -0.4 is 0 Å². The van der Waals surface area contributed by atoms with Gasteiger partial charge in [-0.05, 0) is 12.2 Å². The summed E-state index contributed by atoms with van der Waals surface area (Å²) in [6.07, 6.45) is 12.2. The van der Waals surface area contributed by atoms with Crippen molar-refractivity contribution in [3.8, 4) is 0 Å². The maximum atomic E-state index is 3.00. The summed E-state index contributed by atoms with van der Waals surface area (Å²) in [5, 5.41) is 0. The van der Waals surface area contributed by atoms with Gasteiger partial charge in [0.05, 0.1) is 0 Å². The maximum absolute atomic E-state index is 3.00. The molecule has 0 bridgehead atoms. The molecule has 0 aromatic carbocycles. The van der Waals surface area contributed by atoms with Crippen molar-refractivity contribution in [2.45, 2.75) is 27.7 Å². The van der Waals surface area contributed by atoms with Gasteiger partial charge in [-0.1, -0.05) is 52.0 Å². The van der Waals surface area contributed by atoms with E-state index >= 15 is 0 Å². The van der Waals surface area contributed by atoms with Crippen molar-refractivity contribution < 1.29 is 32.7 Å². The Morgan fingerprint density at radius 2 is 1.31 bits per heavy atom. The molecule has 1 aliphatic carbocycles. The summed E-state index contributed by atoms with van der Waals surface area (Å²) >= 11 is 0. The van der Waals surface area contributed by atoms with Crippen molar-refractivity contribution in [2.75, 3.05) is 0 Å². The Bertz CT molecular complexity index is 206. The monoisotopic (exact) mass is 251 g/mol. The molecule has 0 aliphatic heterocycles.